The third kappa shape index (κ3) is 4.67. The third-order valence-electron chi connectivity index (χ3n) is 6.92. The first-order valence-corrected chi connectivity index (χ1v) is 12.1. The maximum atomic E-state index is 13.0. The molecular formula is C24H26F3N5OS. The molecule has 2 aliphatic carbocycles. The Labute approximate surface area is 199 Å². The number of aromatic nitrogens is 3. The van der Waals surface area contributed by atoms with Crippen LogP contribution in [0.25, 0.3) is 10.4 Å². The van der Waals surface area contributed by atoms with Crippen LogP contribution in [0.1, 0.15) is 54.8 Å². The second kappa shape index (κ2) is 8.28. The van der Waals surface area contributed by atoms with Crippen LogP contribution in [0, 0.1) is 12.8 Å². The fourth-order valence-electron chi connectivity index (χ4n) is 4.76. The molecule has 10 heteroatoms. The summed E-state index contributed by atoms with van der Waals surface area (Å²) in [6.45, 7) is 1.90. The molecule has 2 fully saturated rings. The Balaban J connectivity index is 1.34. The minimum absolute atomic E-state index is 0.0241. The van der Waals surface area contributed by atoms with E-state index in [1.54, 1.807) is 6.20 Å². The van der Waals surface area contributed by atoms with E-state index < -0.39 is 17.5 Å². The number of hydrogen-bond donors (Lipinski definition) is 3. The van der Waals surface area contributed by atoms with Gasteiger partial charge < -0.3 is 16.2 Å². The first-order valence-electron chi connectivity index (χ1n) is 11.3. The van der Waals surface area contributed by atoms with E-state index in [-0.39, 0.29) is 11.5 Å². The summed E-state index contributed by atoms with van der Waals surface area (Å²) in [6, 6.07) is 6.44. The van der Waals surface area contributed by atoms with E-state index >= 15 is 0 Å². The molecule has 2 aromatic heterocycles. The van der Waals surface area contributed by atoms with Crippen molar-refractivity contribution < 1.29 is 18.3 Å². The van der Waals surface area contributed by atoms with Gasteiger partial charge in [0.15, 0.2) is 0 Å². The van der Waals surface area contributed by atoms with Crippen molar-refractivity contribution in [1.82, 2.24) is 15.0 Å². The molecule has 2 saturated carbocycles. The van der Waals surface area contributed by atoms with Crippen molar-refractivity contribution in [2.24, 2.45) is 11.7 Å². The summed E-state index contributed by atoms with van der Waals surface area (Å²) >= 11 is 1.45. The number of aliphatic hydroxyl groups is 1. The second-order valence-electron chi connectivity index (χ2n) is 9.54. The molecule has 4 N–H and O–H groups in total. The van der Waals surface area contributed by atoms with E-state index in [9.17, 15) is 18.3 Å². The van der Waals surface area contributed by atoms with E-state index in [1.165, 1.54) is 11.3 Å². The molecule has 180 valence electrons. The Morgan fingerprint density at radius 1 is 1.12 bits per heavy atom. The van der Waals surface area contributed by atoms with E-state index in [2.05, 4.69) is 20.3 Å². The van der Waals surface area contributed by atoms with Crippen molar-refractivity contribution in [2.75, 3.05) is 5.32 Å². The zero-order valence-corrected chi connectivity index (χ0v) is 19.5. The average Bonchev–Trinajstić information content (AvgIpc) is 3.32. The number of hydrogen-bond acceptors (Lipinski definition) is 7. The number of aryl methyl sites for hydroxylation is 1. The van der Waals surface area contributed by atoms with Crippen molar-refractivity contribution in [3.05, 3.63) is 52.9 Å². The van der Waals surface area contributed by atoms with Gasteiger partial charge in [-0.3, -0.25) is 0 Å². The number of alkyl halides is 3. The molecule has 0 radical (unpaired) electrons. The van der Waals surface area contributed by atoms with Gasteiger partial charge in [0, 0.05) is 23.6 Å². The molecule has 6 nitrogen and oxygen atoms in total. The summed E-state index contributed by atoms with van der Waals surface area (Å²) in [5.41, 5.74) is 6.75. The SMILES string of the molecule is Cc1cc(Nc2nccc(C(F)(F)F)n2)cc(-c2cnc(C3(O)CCC(C4(N)CC4)CC3)s2)c1. The summed E-state index contributed by atoms with van der Waals surface area (Å²) in [6.07, 6.45) is 3.53. The maximum Gasteiger partial charge on any atom is 0.433 e. The largest absolute Gasteiger partial charge is 0.433 e. The Hall–Kier alpha value is -2.56. The Kier molecular flexibility index (Phi) is 5.65. The van der Waals surface area contributed by atoms with E-state index in [0.717, 1.165) is 54.0 Å². The van der Waals surface area contributed by atoms with Crippen LogP contribution >= 0.6 is 11.3 Å². The highest BCUT2D eigenvalue weighted by atomic mass is 32.1. The third-order valence-corrected chi connectivity index (χ3v) is 8.16. The molecule has 0 bridgehead atoms. The average molecular weight is 490 g/mol. The quantitative estimate of drug-likeness (QED) is 0.435. The summed E-state index contributed by atoms with van der Waals surface area (Å²) in [4.78, 5) is 12.9. The molecule has 2 aliphatic rings. The maximum absolute atomic E-state index is 13.0. The number of anilines is 2. The fourth-order valence-corrected chi connectivity index (χ4v) is 5.81. The van der Waals surface area contributed by atoms with Gasteiger partial charge in [0.05, 0.1) is 4.88 Å². The topological polar surface area (TPSA) is 97.0 Å². The van der Waals surface area contributed by atoms with Crippen molar-refractivity contribution in [2.45, 2.75) is 62.8 Å². The number of benzene rings is 1. The summed E-state index contributed by atoms with van der Waals surface area (Å²) < 4.78 is 38.9. The van der Waals surface area contributed by atoms with Gasteiger partial charge in [-0.05, 0) is 80.7 Å². The van der Waals surface area contributed by atoms with Gasteiger partial charge in [0.1, 0.15) is 16.3 Å². The number of thiazole rings is 1. The van der Waals surface area contributed by atoms with E-state index in [1.807, 2.05) is 25.1 Å². The number of rotatable bonds is 5. The van der Waals surface area contributed by atoms with Crippen molar-refractivity contribution in [1.29, 1.82) is 0 Å². The molecule has 0 saturated heterocycles. The second-order valence-corrected chi connectivity index (χ2v) is 10.6. The lowest BCUT2D eigenvalue weighted by atomic mass is 9.75. The molecule has 34 heavy (non-hydrogen) atoms. The Morgan fingerprint density at radius 2 is 1.85 bits per heavy atom. The molecular weight excluding hydrogens is 463 g/mol. The van der Waals surface area contributed by atoms with Gasteiger partial charge >= 0.3 is 6.18 Å². The lowest BCUT2D eigenvalue weighted by Gasteiger charge is -2.37. The highest BCUT2D eigenvalue weighted by Crippen LogP contribution is 2.50. The lowest BCUT2D eigenvalue weighted by Crippen LogP contribution is -2.40. The van der Waals surface area contributed by atoms with Crippen LogP contribution < -0.4 is 11.1 Å². The minimum Gasteiger partial charge on any atom is -0.383 e. The molecule has 0 atom stereocenters. The Bertz CT molecular complexity index is 1200. The smallest absolute Gasteiger partial charge is 0.383 e. The number of nitrogens with zero attached hydrogens (tertiary/aromatic N) is 3. The van der Waals surface area contributed by atoms with Crippen LogP contribution in [0.2, 0.25) is 0 Å². The van der Waals surface area contributed by atoms with Crippen LogP contribution in [0.15, 0.2) is 36.7 Å². The molecule has 3 aromatic rings. The zero-order chi connectivity index (χ0) is 24.1. The first-order chi connectivity index (χ1) is 16.0. The molecule has 0 amide bonds. The summed E-state index contributed by atoms with van der Waals surface area (Å²) in [5, 5.41) is 14.9. The minimum atomic E-state index is -4.54. The van der Waals surface area contributed by atoms with Gasteiger partial charge in [0.2, 0.25) is 5.95 Å². The van der Waals surface area contributed by atoms with Gasteiger partial charge in [0.25, 0.3) is 0 Å². The molecule has 0 unspecified atom stereocenters. The van der Waals surface area contributed by atoms with Crippen molar-refractivity contribution in [3.8, 4) is 10.4 Å². The number of nitrogens with two attached hydrogens (primary N) is 1. The monoisotopic (exact) mass is 489 g/mol. The lowest BCUT2D eigenvalue weighted by molar-refractivity contribution is -0.141. The normalized spacial score (nSPS) is 24.1. The summed E-state index contributed by atoms with van der Waals surface area (Å²) in [5.74, 6) is 0.339. The number of nitrogens with one attached hydrogen (secondary N) is 1. The van der Waals surface area contributed by atoms with Crippen LogP contribution in [0.3, 0.4) is 0 Å². The van der Waals surface area contributed by atoms with E-state index in [4.69, 9.17) is 5.73 Å². The predicted molar refractivity (Wildman–Crippen MR) is 125 cm³/mol. The molecule has 2 heterocycles. The predicted octanol–water partition coefficient (Wildman–Crippen LogP) is 5.54. The van der Waals surface area contributed by atoms with Crippen LogP contribution in [0.4, 0.5) is 24.8 Å². The molecule has 0 spiro atoms. The Morgan fingerprint density at radius 3 is 2.53 bits per heavy atom. The van der Waals surface area contributed by atoms with Crippen LogP contribution in [-0.2, 0) is 11.8 Å². The van der Waals surface area contributed by atoms with Gasteiger partial charge in [-0.15, -0.1) is 11.3 Å². The summed E-state index contributed by atoms with van der Waals surface area (Å²) in [7, 11) is 0. The van der Waals surface area contributed by atoms with Gasteiger partial charge in [-0.25, -0.2) is 15.0 Å². The van der Waals surface area contributed by atoms with Gasteiger partial charge in [-0.1, -0.05) is 6.07 Å². The van der Waals surface area contributed by atoms with Crippen molar-refractivity contribution >= 4 is 23.0 Å². The van der Waals surface area contributed by atoms with Crippen LogP contribution in [0.5, 0.6) is 0 Å². The highest BCUT2D eigenvalue weighted by Gasteiger charge is 2.49. The molecule has 5 rings (SSSR count). The molecule has 0 aliphatic heterocycles. The molecule has 1 aromatic carbocycles. The zero-order valence-electron chi connectivity index (χ0n) is 18.7. The highest BCUT2D eigenvalue weighted by molar-refractivity contribution is 7.15. The number of halogens is 3. The van der Waals surface area contributed by atoms with Crippen molar-refractivity contribution in [3.63, 3.8) is 0 Å². The first kappa shape index (κ1) is 23.2. The van der Waals surface area contributed by atoms with Crippen LogP contribution in [-0.4, -0.2) is 25.6 Å². The standard InChI is InChI=1S/C24H26F3N5OS/c1-14-10-15(12-17(11-14)31-21-29-9-4-19(32-21)24(25,26)27)18-13-30-20(34-18)23(33)5-2-16(3-6-23)22(28)7-8-22/h4,9-13,16,33H,2-3,5-8,28H2,1H3,(H,29,31,32). The fraction of sp³-hybridized carbons (Fsp3) is 0.458. The van der Waals surface area contributed by atoms with Gasteiger partial charge in [-0.2, -0.15) is 13.2 Å². The van der Waals surface area contributed by atoms with E-state index in [0.29, 0.717) is 29.5 Å².